The summed E-state index contributed by atoms with van der Waals surface area (Å²) < 4.78 is 0. The van der Waals surface area contributed by atoms with Crippen LogP contribution in [0.1, 0.15) is 17.2 Å². The third kappa shape index (κ3) is 2.74. The topological polar surface area (TPSA) is 81.9 Å². The van der Waals surface area contributed by atoms with Gasteiger partial charge in [-0.15, -0.1) is 0 Å². The number of likely N-dealkylation sites (N-methyl/N-ethyl adjacent to an activating group) is 1. The van der Waals surface area contributed by atoms with Crippen LogP contribution in [0, 0.1) is 4.91 Å². The molecule has 0 unspecified atom stereocenters. The maximum Gasteiger partial charge on any atom is 0.129 e. The first-order valence-electron chi connectivity index (χ1n) is 4.62. The number of phenols is 1. The van der Waals surface area contributed by atoms with Gasteiger partial charge in [-0.25, -0.2) is 0 Å². The van der Waals surface area contributed by atoms with Gasteiger partial charge >= 0.3 is 0 Å². The molecule has 1 aromatic carbocycles. The number of aromatic hydroxyl groups is 1. The maximum absolute atomic E-state index is 10.6. The minimum Gasteiger partial charge on any atom is -0.508 e. The van der Waals surface area contributed by atoms with E-state index in [9.17, 15) is 10.0 Å². The molecular formula is C10H14N2O3. The highest BCUT2D eigenvalue weighted by Crippen LogP contribution is 2.23. The first-order valence-corrected chi connectivity index (χ1v) is 4.62. The van der Waals surface area contributed by atoms with Crippen molar-refractivity contribution in [3.8, 4) is 5.75 Å². The average Bonchev–Trinajstić information content (AvgIpc) is 2.27. The van der Waals surface area contributed by atoms with Crippen LogP contribution in [0.15, 0.2) is 23.4 Å². The lowest BCUT2D eigenvalue weighted by Gasteiger charge is -2.10. The highest BCUT2D eigenvalue weighted by atomic mass is 16.3. The second-order valence-electron chi connectivity index (χ2n) is 3.23. The zero-order valence-corrected chi connectivity index (χ0v) is 8.47. The predicted molar refractivity (Wildman–Crippen MR) is 56.5 cm³/mol. The first kappa shape index (κ1) is 11.6. The Labute approximate surface area is 87.7 Å². The van der Waals surface area contributed by atoms with Crippen molar-refractivity contribution in [2.45, 2.75) is 12.6 Å². The summed E-state index contributed by atoms with van der Waals surface area (Å²) in [5.74, 6) is 0.0235. The third-order valence-electron chi connectivity index (χ3n) is 2.18. The van der Waals surface area contributed by atoms with E-state index in [1.807, 2.05) is 0 Å². The SMILES string of the molecule is CNC[C@H](N=O)c1ccc(O)c(CO)c1. The van der Waals surface area contributed by atoms with Crippen LogP contribution in [-0.2, 0) is 6.61 Å². The van der Waals surface area contributed by atoms with Gasteiger partial charge in [0.2, 0.25) is 0 Å². The number of benzene rings is 1. The van der Waals surface area contributed by atoms with Gasteiger partial charge in [-0.3, -0.25) is 0 Å². The quantitative estimate of drug-likeness (QED) is 0.631. The van der Waals surface area contributed by atoms with E-state index in [1.165, 1.54) is 6.07 Å². The highest BCUT2D eigenvalue weighted by molar-refractivity contribution is 5.37. The van der Waals surface area contributed by atoms with Gasteiger partial charge in [0.15, 0.2) is 0 Å². The van der Waals surface area contributed by atoms with Crippen LogP contribution in [0.5, 0.6) is 5.75 Å². The minimum absolute atomic E-state index is 0.0235. The summed E-state index contributed by atoms with van der Waals surface area (Å²) in [6.07, 6.45) is 0. The summed E-state index contributed by atoms with van der Waals surface area (Å²) in [7, 11) is 1.73. The van der Waals surface area contributed by atoms with Crippen molar-refractivity contribution in [3.63, 3.8) is 0 Å². The highest BCUT2D eigenvalue weighted by Gasteiger charge is 2.12. The summed E-state index contributed by atoms with van der Waals surface area (Å²) in [5.41, 5.74) is 1.08. The molecule has 1 aromatic rings. The van der Waals surface area contributed by atoms with Crippen LogP contribution < -0.4 is 5.32 Å². The normalized spacial score (nSPS) is 12.4. The largest absolute Gasteiger partial charge is 0.508 e. The monoisotopic (exact) mass is 210 g/mol. The minimum atomic E-state index is -0.499. The lowest BCUT2D eigenvalue weighted by molar-refractivity contribution is 0.275. The molecular weight excluding hydrogens is 196 g/mol. The summed E-state index contributed by atoms with van der Waals surface area (Å²) in [6.45, 7) is 0.171. The third-order valence-corrected chi connectivity index (χ3v) is 2.18. The maximum atomic E-state index is 10.6. The van der Waals surface area contributed by atoms with Gasteiger partial charge in [0.1, 0.15) is 11.8 Å². The van der Waals surface area contributed by atoms with Crippen LogP contribution in [0.4, 0.5) is 0 Å². The van der Waals surface area contributed by atoms with Crippen molar-refractivity contribution < 1.29 is 10.2 Å². The van der Waals surface area contributed by atoms with Crippen LogP contribution in [0.25, 0.3) is 0 Å². The molecule has 0 fully saturated rings. The second-order valence-corrected chi connectivity index (χ2v) is 3.23. The molecule has 0 amide bonds. The molecule has 5 heteroatoms. The van der Waals surface area contributed by atoms with E-state index in [4.69, 9.17) is 5.11 Å². The molecule has 3 N–H and O–H groups in total. The molecule has 1 rings (SSSR count). The second kappa shape index (κ2) is 5.43. The van der Waals surface area contributed by atoms with E-state index in [1.54, 1.807) is 19.2 Å². The van der Waals surface area contributed by atoms with Gasteiger partial charge in [-0.2, -0.15) is 4.91 Å². The molecule has 15 heavy (non-hydrogen) atoms. The Morgan fingerprint density at radius 3 is 2.80 bits per heavy atom. The lowest BCUT2D eigenvalue weighted by Crippen LogP contribution is -2.15. The number of nitrogens with one attached hydrogen (secondary N) is 1. The van der Waals surface area contributed by atoms with Gasteiger partial charge in [-0.05, 0) is 24.7 Å². The van der Waals surface area contributed by atoms with Gasteiger partial charge in [-0.1, -0.05) is 11.2 Å². The lowest BCUT2D eigenvalue weighted by atomic mass is 10.0. The molecule has 0 heterocycles. The molecule has 82 valence electrons. The Bertz CT molecular complexity index is 341. The van der Waals surface area contributed by atoms with E-state index in [0.717, 1.165) is 0 Å². The Hall–Kier alpha value is -1.46. The summed E-state index contributed by atoms with van der Waals surface area (Å²) in [5, 5.41) is 24.1. The molecule has 0 saturated heterocycles. The Balaban J connectivity index is 2.97. The smallest absolute Gasteiger partial charge is 0.129 e. The van der Waals surface area contributed by atoms with Crippen molar-refractivity contribution in [2.24, 2.45) is 5.18 Å². The number of rotatable bonds is 5. The first-order chi connectivity index (χ1) is 7.22. The van der Waals surface area contributed by atoms with E-state index in [0.29, 0.717) is 17.7 Å². The molecule has 0 aliphatic rings. The van der Waals surface area contributed by atoms with Crippen LogP contribution >= 0.6 is 0 Å². The molecule has 0 aliphatic carbocycles. The number of aliphatic hydroxyl groups excluding tert-OH is 1. The molecule has 5 nitrogen and oxygen atoms in total. The summed E-state index contributed by atoms with van der Waals surface area (Å²) in [6, 6.07) is 4.16. The molecule has 0 radical (unpaired) electrons. The number of aliphatic hydroxyl groups is 1. The Morgan fingerprint density at radius 1 is 1.53 bits per heavy atom. The number of nitroso groups, excluding NO2 is 1. The van der Waals surface area contributed by atoms with Crippen molar-refractivity contribution in [3.05, 3.63) is 34.2 Å². The van der Waals surface area contributed by atoms with Crippen molar-refractivity contribution >= 4 is 0 Å². The van der Waals surface area contributed by atoms with Gasteiger partial charge in [0.05, 0.1) is 6.61 Å². The Kier molecular flexibility index (Phi) is 4.20. The Morgan fingerprint density at radius 2 is 2.27 bits per heavy atom. The fraction of sp³-hybridized carbons (Fsp3) is 0.400. The van der Waals surface area contributed by atoms with E-state index >= 15 is 0 Å². The van der Waals surface area contributed by atoms with Gasteiger partial charge in [0, 0.05) is 12.1 Å². The molecule has 0 saturated carbocycles. The average molecular weight is 210 g/mol. The fourth-order valence-electron chi connectivity index (χ4n) is 1.35. The molecule has 1 atom stereocenters. The molecule has 0 aromatic heterocycles. The zero-order chi connectivity index (χ0) is 11.3. The number of hydrogen-bond acceptors (Lipinski definition) is 5. The van der Waals surface area contributed by atoms with Crippen LogP contribution in [0.3, 0.4) is 0 Å². The summed E-state index contributed by atoms with van der Waals surface area (Å²) >= 11 is 0. The zero-order valence-electron chi connectivity index (χ0n) is 8.47. The van der Waals surface area contributed by atoms with Crippen molar-refractivity contribution in [1.82, 2.24) is 5.32 Å². The van der Waals surface area contributed by atoms with E-state index in [2.05, 4.69) is 10.5 Å². The molecule has 0 bridgehead atoms. The van der Waals surface area contributed by atoms with E-state index < -0.39 is 6.04 Å². The number of nitrogens with zero attached hydrogens (tertiary/aromatic N) is 1. The standard InChI is InChI=1S/C10H14N2O3/c1-11-5-9(12-15)7-2-3-10(14)8(4-7)6-13/h2-4,9,11,13-14H,5-6H2,1H3/t9-/m0/s1. The van der Waals surface area contributed by atoms with Crippen LogP contribution in [-0.4, -0.2) is 23.8 Å². The van der Waals surface area contributed by atoms with Crippen molar-refractivity contribution in [1.29, 1.82) is 0 Å². The summed E-state index contributed by atoms with van der Waals surface area (Å²) in [4.78, 5) is 10.6. The van der Waals surface area contributed by atoms with Crippen molar-refractivity contribution in [2.75, 3.05) is 13.6 Å². The molecule has 0 aliphatic heterocycles. The van der Waals surface area contributed by atoms with Gasteiger partial charge in [0.25, 0.3) is 0 Å². The van der Waals surface area contributed by atoms with Crippen LogP contribution in [0.2, 0.25) is 0 Å². The molecule has 0 spiro atoms. The van der Waals surface area contributed by atoms with Gasteiger partial charge < -0.3 is 15.5 Å². The predicted octanol–water partition coefficient (Wildman–Crippen LogP) is 0.911. The fourth-order valence-corrected chi connectivity index (χ4v) is 1.35. The van der Waals surface area contributed by atoms with E-state index in [-0.39, 0.29) is 12.4 Å². The number of hydrogen-bond donors (Lipinski definition) is 3.